The third-order valence-corrected chi connectivity index (χ3v) is 11.4. The van der Waals surface area contributed by atoms with Crippen LogP contribution in [0.2, 0.25) is 0 Å². The molecule has 1 aliphatic heterocycles. The van der Waals surface area contributed by atoms with Crippen LogP contribution in [0.5, 0.6) is 0 Å². The monoisotopic (exact) mass is 466 g/mol. The molecule has 4 nitrogen and oxygen atoms in total. The van der Waals surface area contributed by atoms with Gasteiger partial charge in [0.2, 0.25) is 5.79 Å². The molecule has 1 heterocycles. The molecule has 0 aromatic heterocycles. The molecule has 0 amide bonds. The lowest BCUT2D eigenvalue weighted by Crippen LogP contribution is -2.51. The zero-order valence-corrected chi connectivity index (χ0v) is 22.1. The van der Waals surface area contributed by atoms with E-state index in [-0.39, 0.29) is 27.6 Å². The minimum Gasteiger partial charge on any atom is -0.426 e. The molecular weight excluding hydrogens is 424 g/mol. The van der Waals surface area contributed by atoms with Crippen molar-refractivity contribution in [3.8, 4) is 0 Å². The van der Waals surface area contributed by atoms with Crippen LogP contribution < -0.4 is 0 Å². The molecule has 5 aliphatic rings. The van der Waals surface area contributed by atoms with Crippen LogP contribution in [0.25, 0.3) is 0 Å². The SMILES string of the molecule is CC1=CC(O)(CC(C)C2(C)CC=C(C)C23CCC2=C3CCC3C(C)(C)C(=O)CCC23C)OC1=O. The van der Waals surface area contributed by atoms with Crippen LogP contribution >= 0.6 is 0 Å². The topological polar surface area (TPSA) is 63.6 Å². The fourth-order valence-electron chi connectivity index (χ4n) is 9.34. The first-order valence-electron chi connectivity index (χ1n) is 13.3. The molecule has 4 aliphatic carbocycles. The molecule has 1 fully saturated rings. The van der Waals surface area contributed by atoms with Crippen molar-refractivity contribution in [2.45, 2.75) is 106 Å². The molecule has 34 heavy (non-hydrogen) atoms. The lowest BCUT2D eigenvalue weighted by Gasteiger charge is -2.56. The molecule has 4 heteroatoms. The lowest BCUT2D eigenvalue weighted by molar-refractivity contribution is -0.187. The van der Waals surface area contributed by atoms with Gasteiger partial charge in [-0.2, -0.15) is 0 Å². The highest BCUT2D eigenvalue weighted by molar-refractivity contribution is 5.90. The lowest BCUT2D eigenvalue weighted by atomic mass is 9.47. The van der Waals surface area contributed by atoms with Crippen LogP contribution in [-0.4, -0.2) is 22.6 Å². The Morgan fingerprint density at radius 1 is 1.06 bits per heavy atom. The fraction of sp³-hybridized carbons (Fsp3) is 0.733. The highest BCUT2D eigenvalue weighted by atomic mass is 16.7. The predicted octanol–water partition coefficient (Wildman–Crippen LogP) is 6.44. The van der Waals surface area contributed by atoms with Crippen molar-refractivity contribution in [1.82, 2.24) is 0 Å². The molecule has 5 rings (SSSR count). The number of hydrogen-bond acceptors (Lipinski definition) is 4. The van der Waals surface area contributed by atoms with E-state index < -0.39 is 11.8 Å². The van der Waals surface area contributed by atoms with E-state index in [4.69, 9.17) is 4.74 Å². The number of fused-ring (bicyclic) bond motifs is 3. The van der Waals surface area contributed by atoms with Gasteiger partial charge in [-0.15, -0.1) is 0 Å². The largest absolute Gasteiger partial charge is 0.426 e. The Kier molecular flexibility index (Phi) is 5.08. The van der Waals surface area contributed by atoms with Gasteiger partial charge in [-0.3, -0.25) is 4.79 Å². The molecule has 1 N–H and O–H groups in total. The molecule has 6 unspecified atom stereocenters. The zero-order valence-electron chi connectivity index (χ0n) is 22.1. The van der Waals surface area contributed by atoms with Gasteiger partial charge in [0.15, 0.2) is 0 Å². The number of allylic oxidation sites excluding steroid dienone is 4. The second-order valence-corrected chi connectivity index (χ2v) is 13.2. The summed E-state index contributed by atoms with van der Waals surface area (Å²) in [5, 5.41) is 11.1. The Morgan fingerprint density at radius 2 is 1.76 bits per heavy atom. The zero-order chi connectivity index (χ0) is 24.9. The van der Waals surface area contributed by atoms with Crippen molar-refractivity contribution >= 4 is 11.8 Å². The predicted molar refractivity (Wildman–Crippen MR) is 133 cm³/mol. The van der Waals surface area contributed by atoms with E-state index in [2.05, 4.69) is 47.6 Å². The van der Waals surface area contributed by atoms with Gasteiger partial charge in [0, 0.05) is 29.2 Å². The van der Waals surface area contributed by atoms with E-state index in [0.29, 0.717) is 30.1 Å². The van der Waals surface area contributed by atoms with Crippen LogP contribution in [0.3, 0.4) is 0 Å². The van der Waals surface area contributed by atoms with Crippen LogP contribution in [0.15, 0.2) is 34.4 Å². The maximum absolute atomic E-state index is 12.9. The van der Waals surface area contributed by atoms with E-state index in [1.165, 1.54) is 5.57 Å². The van der Waals surface area contributed by atoms with Gasteiger partial charge in [-0.1, -0.05) is 57.4 Å². The van der Waals surface area contributed by atoms with Crippen molar-refractivity contribution in [2.75, 3.05) is 0 Å². The van der Waals surface area contributed by atoms with Crippen molar-refractivity contribution in [3.05, 3.63) is 34.4 Å². The highest BCUT2D eigenvalue weighted by Crippen LogP contribution is 2.73. The fourth-order valence-corrected chi connectivity index (χ4v) is 9.34. The first kappa shape index (κ1) is 24.0. The maximum Gasteiger partial charge on any atom is 0.336 e. The second kappa shape index (κ2) is 7.18. The third kappa shape index (κ3) is 2.87. The Hall–Kier alpha value is -1.68. The highest BCUT2D eigenvalue weighted by Gasteiger charge is 2.64. The first-order chi connectivity index (χ1) is 15.7. The van der Waals surface area contributed by atoms with E-state index in [9.17, 15) is 14.7 Å². The van der Waals surface area contributed by atoms with E-state index in [1.807, 2.05) is 0 Å². The number of carbonyl (C=O) groups is 2. The number of ether oxygens (including phenoxy) is 1. The standard InChI is InChI=1S/C30H42O4/c1-18-16-29(33,34-25(18)32)17-20(3)28(7)14-10-19(2)30(28)15-11-21-22(30)8-9-23-26(4,5)24(31)12-13-27(21,23)6/h10,16,20,23,33H,8-9,11-15,17H2,1-7H3. The summed E-state index contributed by atoms with van der Waals surface area (Å²) in [5.74, 6) is -0.917. The van der Waals surface area contributed by atoms with Crippen LogP contribution in [0, 0.1) is 33.5 Å². The molecular formula is C30H42O4. The summed E-state index contributed by atoms with van der Waals surface area (Å²) in [5.41, 5.74) is 5.03. The number of hydrogen-bond donors (Lipinski definition) is 1. The average Bonchev–Trinajstić information content (AvgIpc) is 3.35. The summed E-state index contributed by atoms with van der Waals surface area (Å²) in [6.45, 7) is 15.5. The Balaban J connectivity index is 1.54. The number of aliphatic hydroxyl groups is 1. The molecule has 1 spiro atoms. The van der Waals surface area contributed by atoms with E-state index >= 15 is 0 Å². The van der Waals surface area contributed by atoms with Gasteiger partial charge in [0.05, 0.1) is 0 Å². The summed E-state index contributed by atoms with van der Waals surface area (Å²) in [4.78, 5) is 24.9. The van der Waals surface area contributed by atoms with Crippen molar-refractivity contribution in [2.24, 2.45) is 33.5 Å². The van der Waals surface area contributed by atoms with Gasteiger partial charge in [0.1, 0.15) is 5.78 Å². The van der Waals surface area contributed by atoms with Gasteiger partial charge >= 0.3 is 5.97 Å². The summed E-state index contributed by atoms with van der Waals surface area (Å²) >= 11 is 0. The molecule has 1 saturated carbocycles. The molecule has 6 atom stereocenters. The van der Waals surface area contributed by atoms with Gasteiger partial charge < -0.3 is 9.84 Å². The molecule has 186 valence electrons. The van der Waals surface area contributed by atoms with E-state index in [0.717, 1.165) is 38.5 Å². The first-order valence-corrected chi connectivity index (χ1v) is 13.3. The molecule has 0 bridgehead atoms. The number of ketones is 1. The Bertz CT molecular complexity index is 1060. The molecule has 0 saturated heterocycles. The Labute approximate surface area is 204 Å². The number of esters is 1. The smallest absolute Gasteiger partial charge is 0.336 e. The summed E-state index contributed by atoms with van der Waals surface area (Å²) < 4.78 is 5.40. The Morgan fingerprint density at radius 3 is 2.41 bits per heavy atom. The average molecular weight is 467 g/mol. The van der Waals surface area contributed by atoms with Gasteiger partial charge in [-0.05, 0) is 81.1 Å². The molecule has 0 aromatic carbocycles. The second-order valence-electron chi connectivity index (χ2n) is 13.2. The van der Waals surface area contributed by atoms with Crippen LogP contribution in [-0.2, 0) is 14.3 Å². The number of carbonyl (C=O) groups excluding carboxylic acids is 2. The normalized spacial score (nSPS) is 44.1. The molecule has 0 radical (unpaired) electrons. The van der Waals surface area contributed by atoms with Crippen molar-refractivity contribution < 1.29 is 19.4 Å². The number of Topliss-reactive ketones (excluding diaryl/α,β-unsaturated/α-hetero) is 1. The maximum atomic E-state index is 12.9. The minimum absolute atomic E-state index is 0.000931. The minimum atomic E-state index is -1.51. The quantitative estimate of drug-likeness (QED) is 0.384. The third-order valence-electron chi connectivity index (χ3n) is 11.4. The van der Waals surface area contributed by atoms with Crippen LogP contribution in [0.4, 0.5) is 0 Å². The number of cyclic esters (lactones) is 1. The summed E-state index contributed by atoms with van der Waals surface area (Å²) in [7, 11) is 0. The van der Waals surface area contributed by atoms with Crippen molar-refractivity contribution in [3.63, 3.8) is 0 Å². The van der Waals surface area contributed by atoms with Crippen LogP contribution in [0.1, 0.15) is 99.8 Å². The molecule has 0 aromatic rings. The summed E-state index contributed by atoms with van der Waals surface area (Å²) in [6, 6.07) is 0. The number of rotatable bonds is 3. The van der Waals surface area contributed by atoms with Gasteiger partial charge in [0.25, 0.3) is 0 Å². The van der Waals surface area contributed by atoms with E-state index in [1.54, 1.807) is 24.1 Å². The van der Waals surface area contributed by atoms with Gasteiger partial charge in [-0.25, -0.2) is 4.79 Å². The summed E-state index contributed by atoms with van der Waals surface area (Å²) in [6.07, 6.45) is 11.5. The van der Waals surface area contributed by atoms with Crippen molar-refractivity contribution in [1.29, 1.82) is 0 Å².